The topological polar surface area (TPSA) is 65.0 Å². The van der Waals surface area contributed by atoms with E-state index in [1.165, 1.54) is 5.56 Å². The van der Waals surface area contributed by atoms with Crippen LogP contribution in [0.25, 0.3) is 0 Å². The van der Waals surface area contributed by atoms with E-state index >= 15 is 0 Å². The average molecular weight is 376 g/mol. The molecule has 6 heteroatoms. The summed E-state index contributed by atoms with van der Waals surface area (Å²) in [4.78, 5) is 16.3. The van der Waals surface area contributed by atoms with E-state index in [1.54, 1.807) is 0 Å². The third-order valence-corrected chi connectivity index (χ3v) is 5.22. The molecule has 6 nitrogen and oxygen atoms in total. The minimum Gasteiger partial charge on any atom is -0.491 e. The maximum absolute atomic E-state index is 11.9. The number of hydrogen-bond acceptors (Lipinski definition) is 5. The number of carbonyl (C=O) groups excluding carboxylic acids is 1. The first kappa shape index (κ1) is 20.1. The van der Waals surface area contributed by atoms with Gasteiger partial charge in [0.05, 0.1) is 6.54 Å². The van der Waals surface area contributed by atoms with Gasteiger partial charge >= 0.3 is 0 Å². The minimum absolute atomic E-state index is 0.142. The molecule has 1 saturated carbocycles. The highest BCUT2D eigenvalue weighted by Crippen LogP contribution is 2.26. The lowest BCUT2D eigenvalue weighted by atomic mass is 10.0. The number of nitrogens with zero attached hydrogens (tertiary/aromatic N) is 2. The molecular weight excluding hydrogens is 342 g/mol. The summed E-state index contributed by atoms with van der Waals surface area (Å²) in [6.45, 7) is 9.14. The fraction of sp³-hybridized carbons (Fsp3) is 0.667. The predicted molar refractivity (Wildman–Crippen MR) is 106 cm³/mol. The Labute approximate surface area is 162 Å². The van der Waals surface area contributed by atoms with E-state index in [1.807, 2.05) is 18.2 Å². The van der Waals surface area contributed by atoms with Crippen LogP contribution in [0.15, 0.2) is 24.3 Å². The lowest BCUT2D eigenvalue weighted by Gasteiger charge is -2.35. The Morgan fingerprint density at radius 3 is 2.52 bits per heavy atom. The first-order valence-corrected chi connectivity index (χ1v) is 10.1. The summed E-state index contributed by atoms with van der Waals surface area (Å²) in [5.74, 6) is 1.39. The smallest absolute Gasteiger partial charge is 0.234 e. The van der Waals surface area contributed by atoms with Gasteiger partial charge < -0.3 is 15.2 Å². The van der Waals surface area contributed by atoms with Crippen LogP contribution in [0, 0.1) is 0 Å². The first-order valence-electron chi connectivity index (χ1n) is 10.1. The summed E-state index contributed by atoms with van der Waals surface area (Å²) in [5.41, 5.74) is 1.17. The van der Waals surface area contributed by atoms with Gasteiger partial charge in [-0.3, -0.25) is 14.6 Å². The SMILES string of the molecule is CC(C)c1ccccc1OCC(O)CN1CCN(CC(=O)NC2CC2)CC1. The molecule has 2 N–H and O–H groups in total. The van der Waals surface area contributed by atoms with Crippen LogP contribution in [0.5, 0.6) is 5.75 Å². The zero-order valence-electron chi connectivity index (χ0n) is 16.6. The lowest BCUT2D eigenvalue weighted by molar-refractivity contribution is -0.122. The standard InChI is InChI=1S/C21H33N3O3/c1-16(2)19-5-3-4-6-20(19)27-15-18(25)13-23-9-11-24(12-10-23)14-21(26)22-17-7-8-17/h3-6,16-18,25H,7-15H2,1-2H3,(H,22,26). The van der Waals surface area contributed by atoms with Crippen molar-refractivity contribution in [1.29, 1.82) is 0 Å². The van der Waals surface area contributed by atoms with Gasteiger partial charge in [0, 0.05) is 38.8 Å². The Balaban J connectivity index is 1.35. The summed E-state index contributed by atoms with van der Waals surface area (Å²) in [7, 11) is 0. The highest BCUT2D eigenvalue weighted by Gasteiger charge is 2.25. The number of rotatable bonds is 9. The Morgan fingerprint density at radius 1 is 1.19 bits per heavy atom. The van der Waals surface area contributed by atoms with Crippen molar-refractivity contribution in [3.63, 3.8) is 0 Å². The zero-order chi connectivity index (χ0) is 19.2. The maximum atomic E-state index is 11.9. The maximum Gasteiger partial charge on any atom is 0.234 e. The van der Waals surface area contributed by atoms with Crippen molar-refractivity contribution < 1.29 is 14.6 Å². The van der Waals surface area contributed by atoms with Gasteiger partial charge in [-0.1, -0.05) is 32.0 Å². The van der Waals surface area contributed by atoms with Crippen molar-refractivity contribution in [2.75, 3.05) is 45.9 Å². The van der Waals surface area contributed by atoms with Crippen molar-refractivity contribution in [3.05, 3.63) is 29.8 Å². The zero-order valence-corrected chi connectivity index (χ0v) is 16.6. The molecule has 1 aliphatic heterocycles. The Kier molecular flexibility index (Phi) is 7.10. The molecule has 2 aliphatic rings. The molecule has 3 rings (SSSR count). The van der Waals surface area contributed by atoms with Gasteiger partial charge in [-0.2, -0.15) is 0 Å². The van der Waals surface area contributed by atoms with E-state index in [-0.39, 0.29) is 5.91 Å². The predicted octanol–water partition coefficient (Wildman–Crippen LogP) is 1.45. The van der Waals surface area contributed by atoms with Crippen LogP contribution in [0.4, 0.5) is 0 Å². The second kappa shape index (κ2) is 9.53. The van der Waals surface area contributed by atoms with Crippen molar-refractivity contribution >= 4 is 5.91 Å². The van der Waals surface area contributed by atoms with Crippen LogP contribution in [0.1, 0.15) is 38.2 Å². The van der Waals surface area contributed by atoms with Gasteiger partial charge in [0.25, 0.3) is 0 Å². The number of amides is 1. The molecule has 1 atom stereocenters. The molecule has 2 fully saturated rings. The van der Waals surface area contributed by atoms with Gasteiger partial charge in [-0.25, -0.2) is 0 Å². The van der Waals surface area contributed by atoms with Gasteiger partial charge in [0.2, 0.25) is 5.91 Å². The Morgan fingerprint density at radius 2 is 1.85 bits per heavy atom. The van der Waals surface area contributed by atoms with Crippen LogP contribution in [-0.2, 0) is 4.79 Å². The summed E-state index contributed by atoms with van der Waals surface area (Å²) in [6.07, 6.45) is 1.73. The molecule has 27 heavy (non-hydrogen) atoms. The molecule has 1 aromatic carbocycles. The largest absolute Gasteiger partial charge is 0.491 e. The molecule has 1 amide bonds. The van der Waals surface area contributed by atoms with Crippen LogP contribution < -0.4 is 10.1 Å². The van der Waals surface area contributed by atoms with E-state index in [2.05, 4.69) is 35.0 Å². The highest BCUT2D eigenvalue weighted by molar-refractivity contribution is 5.78. The number of para-hydroxylation sites is 1. The number of ether oxygens (including phenoxy) is 1. The molecule has 0 bridgehead atoms. The molecular formula is C21H33N3O3. The van der Waals surface area contributed by atoms with E-state index in [0.717, 1.165) is 44.8 Å². The number of β-amino-alcohol motifs (C(OH)–C–C–N with tert-alkyl or cyclic N) is 1. The van der Waals surface area contributed by atoms with Crippen LogP contribution in [-0.4, -0.2) is 78.8 Å². The fourth-order valence-corrected chi connectivity index (χ4v) is 3.46. The van der Waals surface area contributed by atoms with Crippen LogP contribution in [0.2, 0.25) is 0 Å². The first-order chi connectivity index (χ1) is 13.0. The third-order valence-electron chi connectivity index (χ3n) is 5.22. The molecule has 0 aromatic heterocycles. The summed E-state index contributed by atoms with van der Waals surface area (Å²) < 4.78 is 5.88. The van der Waals surface area contributed by atoms with Crippen molar-refractivity contribution in [1.82, 2.24) is 15.1 Å². The van der Waals surface area contributed by atoms with E-state index < -0.39 is 6.10 Å². The van der Waals surface area contributed by atoms with Gasteiger partial charge in [-0.15, -0.1) is 0 Å². The highest BCUT2D eigenvalue weighted by atomic mass is 16.5. The Bertz CT molecular complexity index is 610. The summed E-state index contributed by atoms with van der Waals surface area (Å²) in [5, 5.41) is 13.4. The number of aliphatic hydroxyl groups excluding tert-OH is 1. The molecule has 0 radical (unpaired) electrons. The number of aliphatic hydroxyl groups is 1. The number of piperazine rings is 1. The molecule has 150 valence electrons. The molecule has 1 unspecified atom stereocenters. The summed E-state index contributed by atoms with van der Waals surface area (Å²) >= 11 is 0. The number of benzene rings is 1. The monoisotopic (exact) mass is 375 g/mol. The second-order valence-electron chi connectivity index (χ2n) is 8.08. The summed E-state index contributed by atoms with van der Waals surface area (Å²) in [6, 6.07) is 8.45. The number of carbonyl (C=O) groups is 1. The normalized spacial score (nSPS) is 19.9. The van der Waals surface area contributed by atoms with Gasteiger partial charge in [0.15, 0.2) is 0 Å². The van der Waals surface area contributed by atoms with Crippen molar-refractivity contribution in [3.8, 4) is 5.75 Å². The number of hydrogen-bond donors (Lipinski definition) is 2. The van der Waals surface area contributed by atoms with Gasteiger partial charge in [0.1, 0.15) is 18.5 Å². The average Bonchev–Trinajstić information content (AvgIpc) is 3.45. The molecule has 1 saturated heterocycles. The molecule has 1 aliphatic carbocycles. The van der Waals surface area contributed by atoms with Crippen LogP contribution in [0.3, 0.4) is 0 Å². The molecule has 0 spiro atoms. The molecule has 1 aromatic rings. The third kappa shape index (κ3) is 6.48. The second-order valence-corrected chi connectivity index (χ2v) is 8.08. The van der Waals surface area contributed by atoms with Crippen LogP contribution >= 0.6 is 0 Å². The fourth-order valence-electron chi connectivity index (χ4n) is 3.46. The van der Waals surface area contributed by atoms with Gasteiger partial charge in [-0.05, 0) is 30.4 Å². The van der Waals surface area contributed by atoms with Crippen molar-refractivity contribution in [2.45, 2.75) is 44.8 Å². The minimum atomic E-state index is -0.519. The van der Waals surface area contributed by atoms with E-state index in [0.29, 0.717) is 31.7 Å². The van der Waals surface area contributed by atoms with E-state index in [4.69, 9.17) is 4.74 Å². The Hall–Kier alpha value is -1.63. The quantitative estimate of drug-likeness (QED) is 0.684. The van der Waals surface area contributed by atoms with Crippen molar-refractivity contribution in [2.24, 2.45) is 0 Å². The molecule has 1 heterocycles. The van der Waals surface area contributed by atoms with E-state index in [9.17, 15) is 9.90 Å². The number of nitrogens with one attached hydrogen (secondary N) is 1. The lowest BCUT2D eigenvalue weighted by Crippen LogP contribution is -2.51.